The molecule has 0 radical (unpaired) electrons. The number of fused-ring (bicyclic) bond motifs is 1. The van der Waals surface area contributed by atoms with Crippen LogP contribution in [0, 0.1) is 10.4 Å². The van der Waals surface area contributed by atoms with Crippen molar-refractivity contribution >= 4 is 11.0 Å². The smallest absolute Gasteiger partial charge is 0.365 e. The number of hydrogen-bond donors (Lipinski definition) is 1. The van der Waals surface area contributed by atoms with Crippen molar-refractivity contribution < 1.29 is 9.58 Å². The Hall–Kier alpha value is -1.95. The van der Waals surface area contributed by atoms with Crippen LogP contribution >= 0.6 is 0 Å². The second-order valence-electron chi connectivity index (χ2n) is 2.32. The molecule has 1 aromatic carbocycles. The monoisotopic (exact) mass is 180 g/mol. The highest BCUT2D eigenvalue weighted by Gasteiger charge is 2.10. The van der Waals surface area contributed by atoms with Crippen LogP contribution < -0.4 is 15.7 Å². The molecule has 1 aromatic heterocycles. The lowest BCUT2D eigenvalue weighted by atomic mass is 10.3. The van der Waals surface area contributed by atoms with Crippen molar-refractivity contribution in [3.05, 3.63) is 41.0 Å². The summed E-state index contributed by atoms with van der Waals surface area (Å²) in [4.78, 5) is 0.420. The quantitative estimate of drug-likeness (QED) is 0.442. The van der Waals surface area contributed by atoms with Crippen molar-refractivity contribution in [3.8, 4) is 0 Å². The SMILES string of the molecule is N.[O-][n+]1cn[n+]([O-])c2ccccc21. The fourth-order valence-corrected chi connectivity index (χ4v) is 1.03. The molecule has 0 aliphatic heterocycles. The second-order valence-corrected chi connectivity index (χ2v) is 2.32. The molecule has 6 nitrogen and oxygen atoms in total. The van der Waals surface area contributed by atoms with Crippen LogP contribution in [0.2, 0.25) is 0 Å². The normalized spacial score (nSPS) is 9.54. The van der Waals surface area contributed by atoms with Gasteiger partial charge in [-0.3, -0.25) is 0 Å². The Morgan fingerprint density at radius 3 is 2.31 bits per heavy atom. The van der Waals surface area contributed by atoms with Gasteiger partial charge < -0.3 is 16.6 Å². The third-order valence-corrected chi connectivity index (χ3v) is 1.59. The minimum atomic E-state index is 0. The molecule has 0 unspecified atom stereocenters. The minimum Gasteiger partial charge on any atom is -0.710 e. The third kappa shape index (κ3) is 1.34. The first-order valence-electron chi connectivity index (χ1n) is 3.36. The van der Waals surface area contributed by atoms with E-state index in [1.807, 2.05) is 0 Å². The second kappa shape index (κ2) is 3.20. The van der Waals surface area contributed by atoms with E-state index in [1.54, 1.807) is 24.3 Å². The molecule has 2 aromatic rings. The van der Waals surface area contributed by atoms with E-state index in [2.05, 4.69) is 5.10 Å². The zero-order valence-electron chi connectivity index (χ0n) is 6.75. The summed E-state index contributed by atoms with van der Waals surface area (Å²) >= 11 is 0. The molecule has 0 fully saturated rings. The largest absolute Gasteiger partial charge is 0.710 e. The maximum atomic E-state index is 11.0. The lowest BCUT2D eigenvalue weighted by molar-refractivity contribution is -0.680. The van der Waals surface area contributed by atoms with Gasteiger partial charge in [-0.1, -0.05) is 12.1 Å². The Balaban J connectivity index is 0.000000845. The highest BCUT2D eigenvalue weighted by atomic mass is 16.5. The van der Waals surface area contributed by atoms with Gasteiger partial charge in [-0.25, -0.2) is 4.73 Å². The molecule has 0 saturated heterocycles. The van der Waals surface area contributed by atoms with E-state index < -0.39 is 0 Å². The highest BCUT2D eigenvalue weighted by molar-refractivity contribution is 5.66. The highest BCUT2D eigenvalue weighted by Crippen LogP contribution is 2.00. The van der Waals surface area contributed by atoms with E-state index in [0.29, 0.717) is 15.1 Å². The van der Waals surface area contributed by atoms with Gasteiger partial charge in [0.05, 0.1) is 4.85 Å². The predicted octanol–water partition coefficient (Wildman–Crippen LogP) is -0.336. The predicted molar refractivity (Wildman–Crippen MR) is 44.7 cm³/mol. The van der Waals surface area contributed by atoms with E-state index in [9.17, 15) is 10.4 Å². The van der Waals surface area contributed by atoms with Crippen LogP contribution in [-0.2, 0) is 0 Å². The zero-order chi connectivity index (χ0) is 8.55. The standard InChI is InChI=1S/C7H5N3O2.H3N/c11-9-5-8-10(12)7-4-2-1-3-6(7)9;/h1-5H;1H3. The minimum absolute atomic E-state index is 0. The van der Waals surface area contributed by atoms with Crippen molar-refractivity contribution in [1.82, 2.24) is 11.2 Å². The van der Waals surface area contributed by atoms with Gasteiger partial charge in [-0.15, -0.1) is 0 Å². The fourth-order valence-electron chi connectivity index (χ4n) is 1.03. The molecule has 6 heteroatoms. The van der Waals surface area contributed by atoms with E-state index >= 15 is 0 Å². The van der Waals surface area contributed by atoms with Crippen molar-refractivity contribution in [2.75, 3.05) is 0 Å². The molecular formula is C7H8N4O2. The summed E-state index contributed by atoms with van der Waals surface area (Å²) in [5, 5.41) is 25.3. The first kappa shape index (κ1) is 9.14. The maximum Gasteiger partial charge on any atom is 0.365 e. The summed E-state index contributed by atoms with van der Waals surface area (Å²) in [6.45, 7) is 0. The molecule has 0 aliphatic carbocycles. The van der Waals surface area contributed by atoms with Crippen molar-refractivity contribution in [1.29, 1.82) is 0 Å². The van der Waals surface area contributed by atoms with Gasteiger partial charge in [0.15, 0.2) is 0 Å². The number of para-hydroxylation sites is 2. The molecule has 13 heavy (non-hydrogen) atoms. The summed E-state index contributed by atoms with van der Waals surface area (Å²) < 4.78 is 0.559. The molecule has 0 saturated carbocycles. The molecule has 0 atom stereocenters. The first-order valence-corrected chi connectivity index (χ1v) is 3.36. The first-order chi connectivity index (χ1) is 5.79. The number of nitrogens with zero attached hydrogens (tertiary/aromatic N) is 3. The average molecular weight is 180 g/mol. The molecule has 0 spiro atoms. The van der Waals surface area contributed by atoms with Gasteiger partial charge in [0.1, 0.15) is 0 Å². The van der Waals surface area contributed by atoms with Crippen LogP contribution in [0.15, 0.2) is 30.6 Å². The Labute approximate surface area is 73.8 Å². The topological polar surface area (TPSA) is 102 Å². The molecule has 0 amide bonds. The van der Waals surface area contributed by atoms with Crippen LogP contribution in [0.3, 0.4) is 0 Å². The molecule has 68 valence electrons. The number of aromatic nitrogens is 3. The lowest BCUT2D eigenvalue weighted by Crippen LogP contribution is -2.40. The van der Waals surface area contributed by atoms with E-state index in [-0.39, 0.29) is 11.7 Å². The summed E-state index contributed by atoms with van der Waals surface area (Å²) in [5.74, 6) is 0. The maximum absolute atomic E-state index is 11.0. The van der Waals surface area contributed by atoms with Crippen LogP contribution in [0.1, 0.15) is 0 Å². The van der Waals surface area contributed by atoms with Gasteiger partial charge in [-0.2, -0.15) is 0 Å². The Bertz CT molecular complexity index is 391. The van der Waals surface area contributed by atoms with Gasteiger partial charge in [0.25, 0.3) is 0 Å². The zero-order valence-corrected chi connectivity index (χ0v) is 6.75. The number of hydrogen-bond acceptors (Lipinski definition) is 4. The average Bonchev–Trinajstić information content (AvgIpc) is 2.12. The molecule has 2 rings (SSSR count). The van der Waals surface area contributed by atoms with E-state index in [1.165, 1.54) is 0 Å². The van der Waals surface area contributed by atoms with Crippen LogP contribution in [-0.4, -0.2) is 5.10 Å². The fraction of sp³-hybridized carbons (Fsp3) is 0. The van der Waals surface area contributed by atoms with Crippen molar-refractivity contribution in [2.45, 2.75) is 0 Å². The lowest BCUT2D eigenvalue weighted by Gasteiger charge is -2.00. The van der Waals surface area contributed by atoms with Gasteiger partial charge in [-0.05, 0) is 6.07 Å². The Morgan fingerprint density at radius 1 is 1.08 bits per heavy atom. The van der Waals surface area contributed by atoms with Gasteiger partial charge in [0, 0.05) is 6.07 Å². The van der Waals surface area contributed by atoms with Crippen molar-refractivity contribution in [2.24, 2.45) is 0 Å². The molecule has 3 N–H and O–H groups in total. The number of rotatable bonds is 0. The molecule has 0 aliphatic rings. The summed E-state index contributed by atoms with van der Waals surface area (Å²) in [6, 6.07) is 6.48. The number of benzene rings is 1. The molecule has 1 heterocycles. The van der Waals surface area contributed by atoms with Crippen LogP contribution in [0.4, 0.5) is 0 Å². The van der Waals surface area contributed by atoms with Crippen LogP contribution in [0.5, 0.6) is 0 Å². The Kier molecular flexibility index (Phi) is 2.25. The Morgan fingerprint density at radius 2 is 1.69 bits per heavy atom. The third-order valence-electron chi connectivity index (χ3n) is 1.59. The van der Waals surface area contributed by atoms with E-state index in [4.69, 9.17) is 0 Å². The van der Waals surface area contributed by atoms with Gasteiger partial charge in [0.2, 0.25) is 10.6 Å². The van der Waals surface area contributed by atoms with E-state index in [0.717, 1.165) is 6.33 Å². The summed E-state index contributed by atoms with van der Waals surface area (Å²) in [7, 11) is 0. The summed E-state index contributed by atoms with van der Waals surface area (Å²) in [6.07, 6.45) is 0.940. The van der Waals surface area contributed by atoms with Crippen LogP contribution in [0.25, 0.3) is 11.0 Å². The molecule has 0 bridgehead atoms. The summed E-state index contributed by atoms with van der Waals surface area (Å²) in [5.41, 5.74) is 0.595. The molecular weight excluding hydrogens is 172 g/mol. The van der Waals surface area contributed by atoms with Crippen molar-refractivity contribution in [3.63, 3.8) is 0 Å². The van der Waals surface area contributed by atoms with Gasteiger partial charge >= 0.3 is 11.8 Å².